The number of aromatic nitrogens is 3. The molecule has 0 aliphatic heterocycles. The Morgan fingerprint density at radius 1 is 1.56 bits per heavy atom. The van der Waals surface area contributed by atoms with Crippen molar-refractivity contribution in [1.29, 1.82) is 0 Å². The lowest BCUT2D eigenvalue weighted by Gasteiger charge is -2.14. The maximum Gasteiger partial charge on any atom is 0.303 e. The van der Waals surface area contributed by atoms with Crippen LogP contribution in [-0.4, -0.2) is 26.1 Å². The Hall–Kier alpha value is -1.91. The van der Waals surface area contributed by atoms with Crippen LogP contribution in [0.2, 0.25) is 0 Å². The molecule has 1 unspecified atom stereocenters. The molecule has 1 aliphatic rings. The van der Waals surface area contributed by atoms with Gasteiger partial charge in [0.1, 0.15) is 5.52 Å². The second-order valence-electron chi connectivity index (χ2n) is 5.00. The Kier molecular flexibility index (Phi) is 2.54. The van der Waals surface area contributed by atoms with Crippen molar-refractivity contribution in [2.75, 3.05) is 0 Å². The molecule has 1 fully saturated rings. The number of carbonyl (C=O) groups is 1. The molecule has 0 radical (unpaired) electrons. The Morgan fingerprint density at radius 2 is 2.33 bits per heavy atom. The Bertz CT molecular complexity index is 601. The molecule has 1 atom stereocenters. The van der Waals surface area contributed by atoms with E-state index in [1.54, 1.807) is 4.68 Å². The predicted molar refractivity (Wildman–Crippen MR) is 66.2 cm³/mol. The van der Waals surface area contributed by atoms with Gasteiger partial charge in [-0.2, -0.15) is 0 Å². The first kappa shape index (κ1) is 11.2. The van der Waals surface area contributed by atoms with Crippen molar-refractivity contribution in [1.82, 2.24) is 15.0 Å². The van der Waals surface area contributed by atoms with Crippen molar-refractivity contribution in [2.45, 2.75) is 25.2 Å². The van der Waals surface area contributed by atoms with E-state index in [0.29, 0.717) is 5.92 Å². The second kappa shape index (κ2) is 4.08. The van der Waals surface area contributed by atoms with Crippen molar-refractivity contribution in [2.24, 2.45) is 13.0 Å². The maximum absolute atomic E-state index is 11.0. The molecule has 94 valence electrons. The summed E-state index contributed by atoms with van der Waals surface area (Å²) in [6.45, 7) is 0. The summed E-state index contributed by atoms with van der Waals surface area (Å²) in [5.41, 5.74) is 2.91. The standard InChI is InChI=1S/C13H15N3O2/c1-16-12-6-9(4-5-11(12)14-15-16)10(7-13(17)18)8-2-3-8/h4-6,8,10H,2-3,7H2,1H3,(H,17,18). The van der Waals surface area contributed by atoms with Gasteiger partial charge in [-0.3, -0.25) is 4.79 Å². The minimum atomic E-state index is -0.727. The zero-order valence-corrected chi connectivity index (χ0v) is 10.2. The molecule has 1 heterocycles. The lowest BCUT2D eigenvalue weighted by Crippen LogP contribution is -2.08. The molecule has 1 aromatic heterocycles. The van der Waals surface area contributed by atoms with E-state index in [4.69, 9.17) is 5.11 Å². The molecule has 1 aliphatic carbocycles. The molecule has 5 heteroatoms. The van der Waals surface area contributed by atoms with Gasteiger partial charge in [0.25, 0.3) is 0 Å². The quantitative estimate of drug-likeness (QED) is 0.893. The minimum absolute atomic E-state index is 0.127. The Labute approximate surface area is 104 Å². The van der Waals surface area contributed by atoms with Gasteiger partial charge in [-0.25, -0.2) is 4.68 Å². The first-order valence-electron chi connectivity index (χ1n) is 6.16. The van der Waals surface area contributed by atoms with Crippen molar-refractivity contribution in [3.05, 3.63) is 23.8 Å². The summed E-state index contributed by atoms with van der Waals surface area (Å²) in [6, 6.07) is 5.94. The van der Waals surface area contributed by atoms with Crippen LogP contribution in [0.15, 0.2) is 18.2 Å². The van der Waals surface area contributed by atoms with Crippen molar-refractivity contribution >= 4 is 17.0 Å². The van der Waals surface area contributed by atoms with Crippen LogP contribution in [0.3, 0.4) is 0 Å². The number of carboxylic acid groups (broad SMARTS) is 1. The van der Waals surface area contributed by atoms with Crippen LogP contribution in [0.5, 0.6) is 0 Å². The van der Waals surface area contributed by atoms with Crippen LogP contribution in [0.4, 0.5) is 0 Å². The third-order valence-electron chi connectivity index (χ3n) is 3.65. The average Bonchev–Trinajstić information content (AvgIpc) is 3.11. The van der Waals surface area contributed by atoms with Crippen LogP contribution in [-0.2, 0) is 11.8 Å². The summed E-state index contributed by atoms with van der Waals surface area (Å²) >= 11 is 0. The average molecular weight is 245 g/mol. The highest BCUT2D eigenvalue weighted by atomic mass is 16.4. The molecule has 3 rings (SSSR count). The Balaban J connectivity index is 2.00. The van der Waals surface area contributed by atoms with Gasteiger partial charge in [0.2, 0.25) is 0 Å². The molecular weight excluding hydrogens is 230 g/mol. The van der Waals surface area contributed by atoms with E-state index in [1.807, 2.05) is 25.2 Å². The maximum atomic E-state index is 11.0. The summed E-state index contributed by atoms with van der Waals surface area (Å²) < 4.78 is 1.73. The molecule has 1 N–H and O–H groups in total. The molecular formula is C13H15N3O2. The fraction of sp³-hybridized carbons (Fsp3) is 0.462. The Morgan fingerprint density at radius 3 is 3.00 bits per heavy atom. The molecule has 1 aromatic carbocycles. The summed E-state index contributed by atoms with van der Waals surface area (Å²) in [4.78, 5) is 11.0. The van der Waals surface area contributed by atoms with Gasteiger partial charge in [-0.15, -0.1) is 5.10 Å². The summed E-state index contributed by atoms with van der Waals surface area (Å²) in [5, 5.41) is 17.0. The zero-order valence-electron chi connectivity index (χ0n) is 10.2. The van der Waals surface area contributed by atoms with E-state index >= 15 is 0 Å². The molecule has 0 saturated heterocycles. The van der Waals surface area contributed by atoms with E-state index in [9.17, 15) is 4.79 Å². The predicted octanol–water partition coefficient (Wildman–Crippen LogP) is 1.94. The van der Waals surface area contributed by atoms with Crippen LogP contribution in [0, 0.1) is 5.92 Å². The van der Waals surface area contributed by atoms with Crippen LogP contribution in [0.1, 0.15) is 30.7 Å². The van der Waals surface area contributed by atoms with E-state index < -0.39 is 5.97 Å². The molecule has 1 saturated carbocycles. The van der Waals surface area contributed by atoms with Crippen LogP contribution >= 0.6 is 0 Å². The third kappa shape index (κ3) is 1.96. The lowest BCUT2D eigenvalue weighted by atomic mass is 9.91. The SMILES string of the molecule is Cn1nnc2ccc(C(CC(=O)O)C3CC3)cc21. The van der Waals surface area contributed by atoms with Crippen LogP contribution < -0.4 is 0 Å². The fourth-order valence-electron chi connectivity index (χ4n) is 2.52. The van der Waals surface area contributed by atoms with E-state index in [2.05, 4.69) is 10.3 Å². The van der Waals surface area contributed by atoms with E-state index in [-0.39, 0.29) is 12.3 Å². The molecule has 0 amide bonds. The van der Waals surface area contributed by atoms with Gasteiger partial charge < -0.3 is 5.11 Å². The van der Waals surface area contributed by atoms with Gasteiger partial charge in [0.05, 0.1) is 11.9 Å². The second-order valence-corrected chi connectivity index (χ2v) is 5.00. The molecule has 18 heavy (non-hydrogen) atoms. The number of rotatable bonds is 4. The van der Waals surface area contributed by atoms with Gasteiger partial charge in [-0.05, 0) is 42.4 Å². The number of hydrogen-bond donors (Lipinski definition) is 1. The number of nitrogens with zero attached hydrogens (tertiary/aromatic N) is 3. The number of fused-ring (bicyclic) bond motifs is 1. The van der Waals surface area contributed by atoms with Crippen molar-refractivity contribution in [3.63, 3.8) is 0 Å². The first-order valence-corrected chi connectivity index (χ1v) is 6.16. The highest BCUT2D eigenvalue weighted by molar-refractivity contribution is 5.75. The van der Waals surface area contributed by atoms with Crippen molar-refractivity contribution < 1.29 is 9.90 Å². The monoisotopic (exact) mass is 245 g/mol. The molecule has 0 spiro atoms. The normalized spacial score (nSPS) is 16.9. The zero-order chi connectivity index (χ0) is 12.7. The molecule has 0 bridgehead atoms. The number of aryl methyl sites for hydroxylation is 1. The number of hydrogen-bond acceptors (Lipinski definition) is 3. The summed E-state index contributed by atoms with van der Waals surface area (Å²) in [5.74, 6) is -0.0725. The highest BCUT2D eigenvalue weighted by Crippen LogP contribution is 2.44. The van der Waals surface area contributed by atoms with Gasteiger partial charge in [-0.1, -0.05) is 11.3 Å². The van der Waals surface area contributed by atoms with Gasteiger partial charge in [0.15, 0.2) is 0 Å². The lowest BCUT2D eigenvalue weighted by molar-refractivity contribution is -0.137. The summed E-state index contributed by atoms with van der Waals surface area (Å²) in [6.07, 6.45) is 2.49. The highest BCUT2D eigenvalue weighted by Gasteiger charge is 2.33. The fourth-order valence-corrected chi connectivity index (χ4v) is 2.52. The van der Waals surface area contributed by atoms with Crippen LogP contribution in [0.25, 0.3) is 11.0 Å². The minimum Gasteiger partial charge on any atom is -0.481 e. The number of aliphatic carboxylic acids is 1. The van der Waals surface area contributed by atoms with Gasteiger partial charge in [0, 0.05) is 7.05 Å². The van der Waals surface area contributed by atoms with Crippen molar-refractivity contribution in [3.8, 4) is 0 Å². The van der Waals surface area contributed by atoms with E-state index in [1.165, 1.54) is 0 Å². The third-order valence-corrected chi connectivity index (χ3v) is 3.65. The summed E-state index contributed by atoms with van der Waals surface area (Å²) in [7, 11) is 1.85. The van der Waals surface area contributed by atoms with E-state index in [0.717, 1.165) is 29.4 Å². The number of carboxylic acids is 1. The number of benzene rings is 1. The van der Waals surface area contributed by atoms with Gasteiger partial charge >= 0.3 is 5.97 Å². The molecule has 5 nitrogen and oxygen atoms in total. The first-order chi connectivity index (χ1) is 8.65. The largest absolute Gasteiger partial charge is 0.481 e. The smallest absolute Gasteiger partial charge is 0.303 e. The molecule has 2 aromatic rings. The topological polar surface area (TPSA) is 68.0 Å².